The molecule has 0 saturated carbocycles. The van der Waals surface area contributed by atoms with Crippen LogP contribution in [-0.2, 0) is 19.6 Å². The number of benzene rings is 1. The van der Waals surface area contributed by atoms with Crippen LogP contribution in [0.2, 0.25) is 10.2 Å². The second-order valence-corrected chi connectivity index (χ2v) is 9.96. The lowest BCUT2D eigenvalue weighted by Crippen LogP contribution is -2.47. The predicted octanol–water partition coefficient (Wildman–Crippen LogP) is 4.19. The van der Waals surface area contributed by atoms with Crippen LogP contribution in [0.3, 0.4) is 0 Å². The molecule has 1 atom stereocenters. The number of sulfonamides is 1. The Morgan fingerprint density at radius 3 is 2.37 bits per heavy atom. The summed E-state index contributed by atoms with van der Waals surface area (Å²) in [6.07, 6.45) is 1.40. The lowest BCUT2D eigenvalue weighted by molar-refractivity contribution is -0.158. The van der Waals surface area contributed by atoms with E-state index in [9.17, 15) is 13.2 Å². The molecule has 6 nitrogen and oxygen atoms in total. The first-order valence-electron chi connectivity index (χ1n) is 8.31. The number of hydrogen-bond acceptors (Lipinski definition) is 5. The third-order valence-corrected chi connectivity index (χ3v) is 5.72. The Bertz CT molecular complexity index is 969. The normalized spacial score (nSPS) is 13.8. The molecule has 0 saturated heterocycles. The van der Waals surface area contributed by atoms with Gasteiger partial charge in [0.15, 0.2) is 0 Å². The van der Waals surface area contributed by atoms with E-state index < -0.39 is 27.6 Å². The lowest BCUT2D eigenvalue weighted by Gasteiger charge is -2.26. The van der Waals surface area contributed by atoms with Crippen LogP contribution in [0.4, 0.5) is 0 Å². The van der Waals surface area contributed by atoms with E-state index in [-0.39, 0.29) is 16.0 Å². The van der Waals surface area contributed by atoms with E-state index in [1.165, 1.54) is 18.3 Å². The molecule has 9 heteroatoms. The van der Waals surface area contributed by atoms with E-state index in [1.807, 2.05) is 0 Å². The SMILES string of the molecule is CC(C)[C@@H](NS(=O)(=O)c1ccc2c(Cl)cnc(Cl)c2c1)C(=O)OC(C)(C)C. The Kier molecular flexibility index (Phi) is 6.41. The Labute approximate surface area is 169 Å². The molecule has 1 aromatic heterocycles. The minimum absolute atomic E-state index is 0.0461. The van der Waals surface area contributed by atoms with Gasteiger partial charge < -0.3 is 4.74 Å². The molecular formula is C18H22Cl2N2O4S. The van der Waals surface area contributed by atoms with Gasteiger partial charge in [-0.25, -0.2) is 13.4 Å². The molecule has 2 aromatic rings. The molecule has 2 rings (SSSR count). The first-order chi connectivity index (χ1) is 12.3. The highest BCUT2D eigenvalue weighted by atomic mass is 35.5. The molecule has 0 radical (unpaired) electrons. The molecule has 0 aliphatic heterocycles. The summed E-state index contributed by atoms with van der Waals surface area (Å²) in [6.45, 7) is 8.63. The minimum atomic E-state index is -4.01. The van der Waals surface area contributed by atoms with E-state index in [1.54, 1.807) is 40.7 Å². The number of esters is 1. The van der Waals surface area contributed by atoms with Crippen molar-refractivity contribution >= 4 is 50.0 Å². The second-order valence-electron chi connectivity index (χ2n) is 7.48. The summed E-state index contributed by atoms with van der Waals surface area (Å²) in [5, 5.41) is 1.49. The van der Waals surface area contributed by atoms with Crippen molar-refractivity contribution in [2.24, 2.45) is 5.92 Å². The number of carbonyl (C=O) groups excluding carboxylic acids is 1. The topological polar surface area (TPSA) is 85.4 Å². The number of pyridine rings is 1. The Morgan fingerprint density at radius 2 is 1.81 bits per heavy atom. The maximum absolute atomic E-state index is 12.8. The fraction of sp³-hybridized carbons (Fsp3) is 0.444. The van der Waals surface area contributed by atoms with Gasteiger partial charge in [0.1, 0.15) is 16.8 Å². The van der Waals surface area contributed by atoms with Gasteiger partial charge >= 0.3 is 5.97 Å². The summed E-state index contributed by atoms with van der Waals surface area (Å²) < 4.78 is 33.4. The number of aromatic nitrogens is 1. The van der Waals surface area contributed by atoms with Crippen molar-refractivity contribution < 1.29 is 17.9 Å². The summed E-state index contributed by atoms with van der Waals surface area (Å²) in [4.78, 5) is 16.3. The molecule has 1 heterocycles. The predicted molar refractivity (Wildman–Crippen MR) is 107 cm³/mol. The van der Waals surface area contributed by atoms with E-state index in [0.717, 1.165) is 0 Å². The fourth-order valence-electron chi connectivity index (χ4n) is 2.38. The number of nitrogens with zero attached hydrogens (tertiary/aromatic N) is 1. The van der Waals surface area contributed by atoms with Crippen molar-refractivity contribution in [2.75, 3.05) is 0 Å². The van der Waals surface area contributed by atoms with Crippen LogP contribution in [0.15, 0.2) is 29.3 Å². The van der Waals surface area contributed by atoms with Crippen LogP contribution in [0.5, 0.6) is 0 Å². The first kappa shape index (κ1) is 21.9. The van der Waals surface area contributed by atoms with Gasteiger partial charge in [-0.15, -0.1) is 0 Å². The molecule has 1 aromatic carbocycles. The van der Waals surface area contributed by atoms with Gasteiger partial charge in [-0.2, -0.15) is 4.72 Å². The number of rotatable bonds is 5. The third kappa shape index (κ3) is 5.31. The van der Waals surface area contributed by atoms with Crippen molar-refractivity contribution in [3.05, 3.63) is 34.6 Å². The highest BCUT2D eigenvalue weighted by molar-refractivity contribution is 7.89. The van der Waals surface area contributed by atoms with Crippen LogP contribution < -0.4 is 4.72 Å². The lowest BCUT2D eigenvalue weighted by atomic mass is 10.1. The van der Waals surface area contributed by atoms with Gasteiger partial charge in [0.25, 0.3) is 0 Å². The maximum atomic E-state index is 12.8. The fourth-order valence-corrected chi connectivity index (χ4v) is 4.16. The van der Waals surface area contributed by atoms with Crippen LogP contribution in [0.25, 0.3) is 10.8 Å². The highest BCUT2D eigenvalue weighted by Gasteiger charge is 2.32. The molecule has 0 spiro atoms. The van der Waals surface area contributed by atoms with Crippen molar-refractivity contribution in [3.63, 3.8) is 0 Å². The smallest absolute Gasteiger partial charge is 0.324 e. The van der Waals surface area contributed by atoms with E-state index in [4.69, 9.17) is 27.9 Å². The molecule has 27 heavy (non-hydrogen) atoms. The van der Waals surface area contributed by atoms with E-state index >= 15 is 0 Å². The number of carbonyl (C=O) groups is 1. The number of ether oxygens (including phenoxy) is 1. The molecule has 0 aliphatic rings. The first-order valence-corrected chi connectivity index (χ1v) is 10.5. The molecule has 0 unspecified atom stereocenters. The highest BCUT2D eigenvalue weighted by Crippen LogP contribution is 2.30. The van der Waals surface area contributed by atoms with Gasteiger partial charge in [0.05, 0.1) is 9.92 Å². The maximum Gasteiger partial charge on any atom is 0.324 e. The van der Waals surface area contributed by atoms with Gasteiger partial charge in [-0.3, -0.25) is 4.79 Å². The molecule has 0 bridgehead atoms. The molecule has 148 valence electrons. The second kappa shape index (κ2) is 7.91. The quantitative estimate of drug-likeness (QED) is 0.565. The molecule has 0 aliphatic carbocycles. The van der Waals surface area contributed by atoms with Crippen LogP contribution in [0, 0.1) is 5.92 Å². The molecule has 0 fully saturated rings. The van der Waals surface area contributed by atoms with Gasteiger partial charge in [0, 0.05) is 17.0 Å². The van der Waals surface area contributed by atoms with Crippen molar-refractivity contribution in [3.8, 4) is 0 Å². The summed E-state index contributed by atoms with van der Waals surface area (Å²) >= 11 is 12.1. The zero-order valence-electron chi connectivity index (χ0n) is 15.7. The molecular weight excluding hydrogens is 411 g/mol. The number of nitrogens with one attached hydrogen (secondary N) is 1. The van der Waals surface area contributed by atoms with Crippen molar-refractivity contribution in [1.29, 1.82) is 0 Å². The summed E-state index contributed by atoms with van der Waals surface area (Å²) in [6, 6.07) is 3.31. The number of fused-ring (bicyclic) bond motifs is 1. The average molecular weight is 433 g/mol. The monoisotopic (exact) mass is 432 g/mol. The Balaban J connectivity index is 2.40. The van der Waals surface area contributed by atoms with Gasteiger partial charge in [-0.05, 0) is 38.8 Å². The minimum Gasteiger partial charge on any atom is -0.459 e. The van der Waals surface area contributed by atoms with Crippen LogP contribution in [0.1, 0.15) is 34.6 Å². The number of halogens is 2. The van der Waals surface area contributed by atoms with Gasteiger partial charge in [0.2, 0.25) is 10.0 Å². The average Bonchev–Trinajstić information content (AvgIpc) is 2.54. The summed E-state index contributed by atoms with van der Waals surface area (Å²) in [5.74, 6) is -0.945. The Hall–Kier alpha value is -1.41. The Morgan fingerprint density at radius 1 is 1.19 bits per heavy atom. The van der Waals surface area contributed by atoms with E-state index in [0.29, 0.717) is 15.8 Å². The molecule has 1 N–H and O–H groups in total. The zero-order chi connectivity index (χ0) is 20.6. The zero-order valence-corrected chi connectivity index (χ0v) is 18.0. The summed E-state index contributed by atoms with van der Waals surface area (Å²) in [5.41, 5.74) is -0.728. The molecule has 0 amide bonds. The van der Waals surface area contributed by atoms with Crippen molar-refractivity contribution in [1.82, 2.24) is 9.71 Å². The summed E-state index contributed by atoms with van der Waals surface area (Å²) in [7, 11) is -4.01. The van der Waals surface area contributed by atoms with Crippen molar-refractivity contribution in [2.45, 2.75) is 51.2 Å². The van der Waals surface area contributed by atoms with Gasteiger partial charge in [-0.1, -0.05) is 43.1 Å². The van der Waals surface area contributed by atoms with Crippen LogP contribution in [-0.4, -0.2) is 31.0 Å². The largest absolute Gasteiger partial charge is 0.459 e. The van der Waals surface area contributed by atoms with E-state index in [2.05, 4.69) is 9.71 Å². The number of hydrogen-bond donors (Lipinski definition) is 1. The standard InChI is InChI=1S/C18H22Cl2N2O4S/c1-10(2)15(17(23)26-18(3,4)5)22-27(24,25)11-6-7-12-13(8-11)16(20)21-9-14(12)19/h6-10,15,22H,1-5H3/t15-/m1/s1. The third-order valence-electron chi connectivity index (χ3n) is 3.68. The van der Waals surface area contributed by atoms with Crippen LogP contribution >= 0.6 is 23.2 Å².